The monoisotopic (exact) mass is 228 g/mol. The van der Waals surface area contributed by atoms with Gasteiger partial charge in [-0.25, -0.2) is 4.98 Å². The molecule has 0 saturated carbocycles. The molecule has 3 nitrogen and oxygen atoms in total. The molecule has 1 aliphatic carbocycles. The Bertz CT molecular complexity index is 604. The lowest BCUT2D eigenvalue weighted by molar-refractivity contribution is 0.0118. The highest BCUT2D eigenvalue weighted by atomic mass is 16.3. The zero-order valence-electron chi connectivity index (χ0n) is 10.1. The van der Waals surface area contributed by atoms with Crippen molar-refractivity contribution in [2.24, 2.45) is 5.92 Å². The molecule has 0 bridgehead atoms. The van der Waals surface area contributed by atoms with Crippen molar-refractivity contribution in [1.82, 2.24) is 4.98 Å². The number of fused-ring (bicyclic) bond motifs is 2. The van der Waals surface area contributed by atoms with Gasteiger partial charge in [0.25, 0.3) is 0 Å². The number of nitrogens with zero attached hydrogens (tertiary/aromatic N) is 1. The van der Waals surface area contributed by atoms with Gasteiger partial charge >= 0.3 is 0 Å². The van der Waals surface area contributed by atoms with Crippen LogP contribution in [0.25, 0.3) is 10.9 Å². The predicted molar refractivity (Wildman–Crippen MR) is 68.6 cm³/mol. The summed E-state index contributed by atoms with van der Waals surface area (Å²) >= 11 is 0. The van der Waals surface area contributed by atoms with Crippen LogP contribution in [0.5, 0.6) is 0 Å². The topological polar surface area (TPSA) is 59.1 Å². The summed E-state index contributed by atoms with van der Waals surface area (Å²) < 4.78 is 0. The van der Waals surface area contributed by atoms with Crippen molar-refractivity contribution < 1.29 is 5.11 Å². The third kappa shape index (κ3) is 1.29. The molecular weight excluding hydrogens is 212 g/mol. The van der Waals surface area contributed by atoms with Gasteiger partial charge in [0.2, 0.25) is 0 Å². The third-order valence-electron chi connectivity index (χ3n) is 3.99. The van der Waals surface area contributed by atoms with Crippen molar-refractivity contribution >= 4 is 16.6 Å². The summed E-state index contributed by atoms with van der Waals surface area (Å²) in [6, 6.07) is 7.82. The second kappa shape index (κ2) is 3.20. The number of aromatic nitrogens is 1. The van der Waals surface area contributed by atoms with Gasteiger partial charge in [-0.2, -0.15) is 0 Å². The number of rotatable bonds is 0. The average molecular weight is 228 g/mol. The summed E-state index contributed by atoms with van der Waals surface area (Å²) in [5, 5.41) is 11.5. The number of hydrogen-bond acceptors (Lipinski definition) is 3. The molecule has 2 atom stereocenters. The fourth-order valence-electron chi connectivity index (χ4n) is 2.64. The first-order valence-electron chi connectivity index (χ1n) is 5.91. The second-order valence-electron chi connectivity index (χ2n) is 5.12. The van der Waals surface area contributed by atoms with Crippen LogP contribution in [-0.2, 0) is 12.0 Å². The summed E-state index contributed by atoms with van der Waals surface area (Å²) in [4.78, 5) is 4.59. The van der Waals surface area contributed by atoms with Crippen molar-refractivity contribution in [3.8, 4) is 0 Å². The SMILES string of the molecule is C[C@@H]1Cc2c(nc3ccccc3c2N)[C@@]1(C)O. The highest BCUT2D eigenvalue weighted by Crippen LogP contribution is 2.43. The van der Waals surface area contributed by atoms with Crippen molar-refractivity contribution in [2.75, 3.05) is 5.73 Å². The van der Waals surface area contributed by atoms with E-state index in [1.54, 1.807) is 0 Å². The maximum absolute atomic E-state index is 10.5. The number of aliphatic hydroxyl groups is 1. The number of anilines is 1. The Balaban J connectivity index is 2.39. The highest BCUT2D eigenvalue weighted by molar-refractivity contribution is 5.92. The smallest absolute Gasteiger partial charge is 0.107 e. The molecule has 1 aliphatic rings. The van der Waals surface area contributed by atoms with Gasteiger partial charge in [-0.05, 0) is 25.3 Å². The summed E-state index contributed by atoms with van der Waals surface area (Å²) in [7, 11) is 0. The fraction of sp³-hybridized carbons (Fsp3) is 0.357. The van der Waals surface area contributed by atoms with E-state index < -0.39 is 5.60 Å². The molecule has 88 valence electrons. The van der Waals surface area contributed by atoms with Crippen LogP contribution >= 0.6 is 0 Å². The number of hydrogen-bond donors (Lipinski definition) is 2. The summed E-state index contributed by atoms with van der Waals surface area (Å²) in [5.74, 6) is 0.157. The number of pyridine rings is 1. The van der Waals surface area contributed by atoms with Gasteiger partial charge in [-0.15, -0.1) is 0 Å². The zero-order chi connectivity index (χ0) is 12.2. The lowest BCUT2D eigenvalue weighted by Crippen LogP contribution is -2.26. The van der Waals surface area contributed by atoms with E-state index in [-0.39, 0.29) is 5.92 Å². The first-order valence-corrected chi connectivity index (χ1v) is 5.91. The van der Waals surface area contributed by atoms with Crippen LogP contribution in [0.1, 0.15) is 25.1 Å². The van der Waals surface area contributed by atoms with E-state index in [2.05, 4.69) is 4.98 Å². The van der Waals surface area contributed by atoms with Crippen molar-refractivity contribution in [1.29, 1.82) is 0 Å². The van der Waals surface area contributed by atoms with E-state index in [1.807, 2.05) is 38.1 Å². The lowest BCUT2D eigenvalue weighted by Gasteiger charge is -2.22. The minimum Gasteiger partial charge on any atom is -0.398 e. The van der Waals surface area contributed by atoms with E-state index in [4.69, 9.17) is 5.73 Å². The molecule has 0 saturated heterocycles. The molecule has 0 aliphatic heterocycles. The maximum Gasteiger partial charge on any atom is 0.107 e. The Morgan fingerprint density at radius 1 is 1.41 bits per heavy atom. The van der Waals surface area contributed by atoms with Gasteiger partial charge < -0.3 is 10.8 Å². The Morgan fingerprint density at radius 3 is 2.88 bits per heavy atom. The highest BCUT2D eigenvalue weighted by Gasteiger charge is 2.41. The molecule has 0 radical (unpaired) electrons. The molecule has 2 aromatic rings. The van der Waals surface area contributed by atoms with E-state index in [0.717, 1.165) is 34.3 Å². The number of benzene rings is 1. The van der Waals surface area contributed by atoms with E-state index in [0.29, 0.717) is 0 Å². The number of nitrogen functional groups attached to an aromatic ring is 1. The molecule has 0 fully saturated rings. The predicted octanol–water partition coefficient (Wildman–Crippen LogP) is 2.22. The van der Waals surface area contributed by atoms with Crippen LogP contribution < -0.4 is 5.73 Å². The van der Waals surface area contributed by atoms with Crippen molar-refractivity contribution in [3.63, 3.8) is 0 Å². The molecule has 0 unspecified atom stereocenters. The second-order valence-corrected chi connectivity index (χ2v) is 5.12. The van der Waals surface area contributed by atoms with E-state index in [9.17, 15) is 5.11 Å². The van der Waals surface area contributed by atoms with Gasteiger partial charge in [-0.3, -0.25) is 0 Å². The minimum atomic E-state index is -0.868. The Morgan fingerprint density at radius 2 is 2.12 bits per heavy atom. The van der Waals surface area contributed by atoms with E-state index >= 15 is 0 Å². The maximum atomic E-state index is 10.5. The van der Waals surface area contributed by atoms with E-state index in [1.165, 1.54) is 0 Å². The van der Waals surface area contributed by atoms with Crippen LogP contribution in [-0.4, -0.2) is 10.1 Å². The molecule has 1 aromatic heterocycles. The van der Waals surface area contributed by atoms with Crippen molar-refractivity contribution in [3.05, 3.63) is 35.5 Å². The molecule has 3 heteroatoms. The molecule has 0 spiro atoms. The van der Waals surface area contributed by atoms with Gasteiger partial charge in [-0.1, -0.05) is 25.1 Å². The van der Waals surface area contributed by atoms with Crippen LogP contribution in [0.15, 0.2) is 24.3 Å². The Hall–Kier alpha value is -1.61. The molecule has 0 amide bonds. The lowest BCUT2D eigenvalue weighted by atomic mass is 9.94. The minimum absolute atomic E-state index is 0.157. The van der Waals surface area contributed by atoms with Crippen LogP contribution in [0.4, 0.5) is 5.69 Å². The van der Waals surface area contributed by atoms with Gasteiger partial charge in [0.05, 0.1) is 11.2 Å². The summed E-state index contributed by atoms with van der Waals surface area (Å²) in [6.07, 6.45) is 0.798. The summed E-state index contributed by atoms with van der Waals surface area (Å²) in [5.41, 5.74) is 8.73. The molecular formula is C14H16N2O. The summed E-state index contributed by atoms with van der Waals surface area (Å²) in [6.45, 7) is 3.86. The quantitative estimate of drug-likeness (QED) is 0.726. The molecule has 1 aromatic carbocycles. The van der Waals surface area contributed by atoms with Gasteiger partial charge in [0, 0.05) is 16.6 Å². The fourth-order valence-corrected chi connectivity index (χ4v) is 2.64. The number of para-hydroxylation sites is 1. The first kappa shape index (κ1) is 10.5. The molecule has 17 heavy (non-hydrogen) atoms. The van der Waals surface area contributed by atoms with Crippen molar-refractivity contribution in [2.45, 2.75) is 25.9 Å². The Kier molecular flexibility index (Phi) is 1.98. The standard InChI is InChI=1S/C14H16N2O/c1-8-7-10-12(15)9-5-3-4-6-11(9)16-13(10)14(8,2)17/h3-6,8,17H,7H2,1-2H3,(H2,15,16)/t8-,14+/m1/s1. The van der Waals surface area contributed by atoms with Crippen LogP contribution in [0, 0.1) is 5.92 Å². The van der Waals surface area contributed by atoms with Crippen LogP contribution in [0.2, 0.25) is 0 Å². The average Bonchev–Trinajstić information content (AvgIpc) is 2.53. The Labute approximate surface area is 100 Å². The van der Waals surface area contributed by atoms with Gasteiger partial charge in [0.1, 0.15) is 5.60 Å². The molecule has 3 rings (SSSR count). The molecule has 1 heterocycles. The third-order valence-corrected chi connectivity index (χ3v) is 3.99. The largest absolute Gasteiger partial charge is 0.398 e. The first-order chi connectivity index (χ1) is 8.01. The van der Waals surface area contributed by atoms with Crippen LogP contribution in [0.3, 0.4) is 0 Å². The normalized spacial score (nSPS) is 27.4. The zero-order valence-corrected chi connectivity index (χ0v) is 10.1. The van der Waals surface area contributed by atoms with Gasteiger partial charge in [0.15, 0.2) is 0 Å². The number of nitrogens with two attached hydrogens (primary N) is 1. The molecule has 3 N–H and O–H groups in total.